The van der Waals surface area contributed by atoms with E-state index in [9.17, 15) is 49.4 Å². The summed E-state index contributed by atoms with van der Waals surface area (Å²) >= 11 is 0. The molecule has 0 radical (unpaired) electrons. The fraction of sp³-hybridized carbons (Fsp3) is 0.375. The van der Waals surface area contributed by atoms with Crippen LogP contribution >= 0.6 is 0 Å². The van der Waals surface area contributed by atoms with Crippen molar-refractivity contribution in [3.05, 3.63) is 70.3 Å². The Morgan fingerprint density at radius 1 is 0.892 bits per heavy atom. The number of fused-ring (bicyclic) bond motifs is 1. The zero-order valence-corrected chi connectivity index (χ0v) is 19.2. The molecule has 1 aliphatic heterocycles. The number of hydrogen-bond acceptors (Lipinski definition) is 3. The molecule has 1 N–H and O–H groups in total. The Morgan fingerprint density at radius 2 is 1.43 bits per heavy atom. The van der Waals surface area contributed by atoms with Gasteiger partial charge in [0, 0.05) is 5.56 Å². The first-order valence-electron chi connectivity index (χ1n) is 10.9. The van der Waals surface area contributed by atoms with Gasteiger partial charge in [0.15, 0.2) is 0 Å². The van der Waals surface area contributed by atoms with E-state index in [2.05, 4.69) is 0 Å². The highest BCUT2D eigenvalue weighted by molar-refractivity contribution is 5.97. The summed E-state index contributed by atoms with van der Waals surface area (Å²) < 4.78 is 125. The number of ether oxygens (including phenoxy) is 1. The Kier molecular flexibility index (Phi) is 7.60. The van der Waals surface area contributed by atoms with Crippen molar-refractivity contribution in [3.63, 3.8) is 0 Å². The molecule has 2 unspecified atom stereocenters. The second-order valence-electron chi connectivity index (χ2n) is 8.14. The number of carbonyl (C=O) groups excluding carboxylic acids is 1. The van der Waals surface area contributed by atoms with E-state index in [-0.39, 0.29) is 30.4 Å². The topological polar surface area (TPSA) is 49.8 Å². The molecule has 0 spiro atoms. The molecule has 1 heterocycles. The molecule has 37 heavy (non-hydrogen) atoms. The van der Waals surface area contributed by atoms with Crippen LogP contribution in [0, 0.1) is 0 Å². The van der Waals surface area contributed by atoms with E-state index in [1.165, 1.54) is 6.92 Å². The molecule has 1 aliphatic rings. The fourth-order valence-corrected chi connectivity index (χ4v) is 3.99. The van der Waals surface area contributed by atoms with Gasteiger partial charge in [-0.05, 0) is 60.9 Å². The molecule has 0 aliphatic carbocycles. The summed E-state index contributed by atoms with van der Waals surface area (Å²) in [6.45, 7) is 3.00. The van der Waals surface area contributed by atoms with Crippen molar-refractivity contribution < 1.29 is 54.2 Å². The molecule has 0 saturated carbocycles. The summed E-state index contributed by atoms with van der Waals surface area (Å²) in [6, 6.07) is 1.71. The largest absolute Gasteiger partial charge is 0.449 e. The van der Waals surface area contributed by atoms with Crippen LogP contribution in [0.15, 0.2) is 42.5 Å². The van der Waals surface area contributed by atoms with Crippen LogP contribution in [0.25, 0.3) is 5.57 Å². The first kappa shape index (κ1) is 28.4. The number of rotatable bonds is 4. The maximum Gasteiger partial charge on any atom is 0.416 e. The van der Waals surface area contributed by atoms with Crippen molar-refractivity contribution in [1.82, 2.24) is 0 Å². The van der Waals surface area contributed by atoms with Gasteiger partial charge in [0.2, 0.25) is 0 Å². The smallest absolute Gasteiger partial charge is 0.416 e. The van der Waals surface area contributed by atoms with Gasteiger partial charge in [0.05, 0.1) is 35.0 Å². The average Bonchev–Trinajstić information content (AvgIpc) is 2.80. The number of benzene rings is 2. The molecule has 2 aromatic carbocycles. The van der Waals surface area contributed by atoms with Gasteiger partial charge < -0.3 is 9.84 Å². The molecule has 0 bridgehead atoms. The third-order valence-corrected chi connectivity index (χ3v) is 5.70. The highest BCUT2D eigenvalue weighted by Gasteiger charge is 2.40. The Hall–Kier alpha value is -3.22. The lowest BCUT2D eigenvalue weighted by Crippen LogP contribution is -2.42. The van der Waals surface area contributed by atoms with Crippen LogP contribution < -0.4 is 4.90 Å². The maximum atomic E-state index is 13.5. The molecule has 0 saturated heterocycles. The minimum absolute atomic E-state index is 0.0780. The van der Waals surface area contributed by atoms with Crippen molar-refractivity contribution in [1.29, 1.82) is 0 Å². The second kappa shape index (κ2) is 9.92. The van der Waals surface area contributed by atoms with Crippen LogP contribution in [0.2, 0.25) is 0 Å². The molecule has 2 aromatic rings. The highest BCUT2D eigenvalue weighted by Crippen LogP contribution is 2.46. The Bertz CT molecular complexity index is 1170. The van der Waals surface area contributed by atoms with Crippen LogP contribution in [0.3, 0.4) is 0 Å². The fourth-order valence-electron chi connectivity index (χ4n) is 3.99. The molecule has 4 nitrogen and oxygen atoms in total. The third-order valence-electron chi connectivity index (χ3n) is 5.70. The number of halogens is 9. The molecular formula is C24H20F9NO3. The number of alkyl halides is 9. The molecule has 0 aromatic heterocycles. The quantitative estimate of drug-likeness (QED) is 0.406. The summed E-state index contributed by atoms with van der Waals surface area (Å²) in [5, 5.41) is 11.0. The molecule has 1 amide bonds. The molecule has 13 heteroatoms. The van der Waals surface area contributed by atoms with Gasteiger partial charge >= 0.3 is 24.6 Å². The average molecular weight is 541 g/mol. The molecule has 3 rings (SSSR count). The zero-order valence-electron chi connectivity index (χ0n) is 19.2. The second-order valence-corrected chi connectivity index (χ2v) is 8.14. The SMILES string of the molecule is CCOC(=O)N1c2ccc(C(F)(F)F)cc2C(C(O)c2cc(C(F)(F)F)cc(C(F)(F)F)c2)=CC1CC. The Labute approximate surface area is 204 Å². The summed E-state index contributed by atoms with van der Waals surface area (Å²) in [4.78, 5) is 13.6. The van der Waals surface area contributed by atoms with Crippen LogP contribution in [-0.4, -0.2) is 23.8 Å². The number of amides is 1. The van der Waals surface area contributed by atoms with E-state index in [0.717, 1.165) is 17.0 Å². The first-order chi connectivity index (χ1) is 17.0. The van der Waals surface area contributed by atoms with Crippen molar-refractivity contribution in [3.8, 4) is 0 Å². The van der Waals surface area contributed by atoms with E-state index in [1.54, 1.807) is 6.92 Å². The first-order valence-corrected chi connectivity index (χ1v) is 10.9. The molecular weight excluding hydrogens is 521 g/mol. The van der Waals surface area contributed by atoms with Gasteiger partial charge in [0.1, 0.15) is 6.10 Å². The predicted molar refractivity (Wildman–Crippen MR) is 114 cm³/mol. The Balaban J connectivity index is 2.26. The zero-order chi connectivity index (χ0) is 27.9. The number of carbonyl (C=O) groups is 1. The van der Waals surface area contributed by atoms with E-state index in [4.69, 9.17) is 4.74 Å². The third kappa shape index (κ3) is 5.86. The van der Waals surface area contributed by atoms with Gasteiger partial charge in [-0.15, -0.1) is 0 Å². The monoisotopic (exact) mass is 541 g/mol. The van der Waals surface area contributed by atoms with Gasteiger partial charge in [-0.3, -0.25) is 4.90 Å². The summed E-state index contributed by atoms with van der Waals surface area (Å²) in [6.07, 6.45) is -17.1. The minimum atomic E-state index is -5.20. The van der Waals surface area contributed by atoms with Gasteiger partial charge in [-0.2, -0.15) is 39.5 Å². The van der Waals surface area contributed by atoms with Crippen LogP contribution in [-0.2, 0) is 23.3 Å². The summed E-state index contributed by atoms with van der Waals surface area (Å²) in [5.41, 5.74) is -6.38. The van der Waals surface area contributed by atoms with Gasteiger partial charge in [0.25, 0.3) is 0 Å². The summed E-state index contributed by atoms with van der Waals surface area (Å²) in [5.74, 6) is 0. The number of anilines is 1. The lowest BCUT2D eigenvalue weighted by Gasteiger charge is -2.36. The van der Waals surface area contributed by atoms with E-state index < -0.39 is 64.6 Å². The Morgan fingerprint density at radius 3 is 1.89 bits per heavy atom. The predicted octanol–water partition coefficient (Wildman–Crippen LogP) is 7.62. The number of nitrogens with zero attached hydrogens (tertiary/aromatic N) is 1. The number of hydrogen-bond donors (Lipinski definition) is 1. The maximum absolute atomic E-state index is 13.5. The number of aliphatic hydroxyl groups excluding tert-OH is 1. The van der Waals surface area contributed by atoms with Crippen LogP contribution in [0.1, 0.15) is 54.2 Å². The van der Waals surface area contributed by atoms with Crippen molar-refractivity contribution in [2.75, 3.05) is 11.5 Å². The van der Waals surface area contributed by atoms with E-state index in [1.807, 2.05) is 0 Å². The van der Waals surface area contributed by atoms with E-state index in [0.29, 0.717) is 24.3 Å². The van der Waals surface area contributed by atoms with E-state index >= 15 is 0 Å². The number of aliphatic hydroxyl groups is 1. The van der Waals surface area contributed by atoms with Crippen LogP contribution in [0.4, 0.5) is 50.0 Å². The van der Waals surface area contributed by atoms with Crippen molar-refractivity contribution in [2.45, 2.75) is 50.9 Å². The van der Waals surface area contributed by atoms with Crippen molar-refractivity contribution >= 4 is 17.4 Å². The molecule has 202 valence electrons. The lowest BCUT2D eigenvalue weighted by atomic mass is 9.86. The lowest BCUT2D eigenvalue weighted by molar-refractivity contribution is -0.143. The van der Waals surface area contributed by atoms with Gasteiger partial charge in [-0.25, -0.2) is 4.79 Å². The summed E-state index contributed by atoms with van der Waals surface area (Å²) in [7, 11) is 0. The normalized spacial score (nSPS) is 17.2. The molecule has 2 atom stereocenters. The standard InChI is InChI=1S/C24H20F9NO3/c1-3-16-11-18(20(35)12-7-14(23(28,29)30)9-15(8-12)24(31,32)33)17-10-13(22(25,26)27)5-6-19(17)34(16)21(36)37-4-2/h5-11,16,20,35H,3-4H2,1-2H3. The van der Waals surface area contributed by atoms with Crippen molar-refractivity contribution in [2.24, 2.45) is 0 Å². The van der Waals surface area contributed by atoms with Crippen LogP contribution in [0.5, 0.6) is 0 Å². The van der Waals surface area contributed by atoms with Gasteiger partial charge in [-0.1, -0.05) is 13.0 Å². The minimum Gasteiger partial charge on any atom is -0.449 e. The highest BCUT2D eigenvalue weighted by atomic mass is 19.4. The molecule has 0 fully saturated rings.